The second kappa shape index (κ2) is 9.38. The Morgan fingerprint density at radius 3 is 2.54 bits per heavy atom. The normalized spacial score (nSPS) is 11.1. The lowest BCUT2D eigenvalue weighted by Gasteiger charge is -2.10. The van der Waals surface area contributed by atoms with Crippen LogP contribution in [0.25, 0.3) is 0 Å². The lowest BCUT2D eigenvalue weighted by molar-refractivity contribution is -0.0328. The van der Waals surface area contributed by atoms with E-state index in [9.17, 15) is 18.0 Å². The molecule has 2 amide bonds. The first-order valence-corrected chi connectivity index (χ1v) is 8.80. The average Bonchev–Trinajstić information content (AvgIpc) is 2.55. The molecule has 0 aliphatic rings. The van der Waals surface area contributed by atoms with Crippen LogP contribution < -0.4 is 15.4 Å². The van der Waals surface area contributed by atoms with Crippen molar-refractivity contribution >= 4 is 23.5 Å². The molecule has 8 heteroatoms. The van der Waals surface area contributed by atoms with E-state index in [2.05, 4.69) is 10.6 Å². The number of urea groups is 1. The third kappa shape index (κ3) is 7.26. The number of ether oxygens (including phenoxy) is 1. The van der Waals surface area contributed by atoms with Gasteiger partial charge < -0.3 is 15.4 Å². The quantitative estimate of drug-likeness (QED) is 0.656. The molecular weight excluding hydrogens is 365 g/mol. The molecule has 0 atom stereocenters. The van der Waals surface area contributed by atoms with Crippen LogP contribution in [0.5, 0.6) is 5.75 Å². The number of nitrogens with one attached hydrogen (secondary N) is 2. The molecule has 0 aliphatic carbocycles. The molecule has 140 valence electrons. The van der Waals surface area contributed by atoms with Crippen LogP contribution in [-0.2, 0) is 6.42 Å². The standard InChI is InChI=1S/C18H19F3N2O2S/c1-2-25-15-8-6-13(7-9-15)10-11-22-17(24)23-14-4-3-5-16(12-14)26-18(19,20)21/h3-9,12H,2,10-11H2,1H3,(H2,22,23,24). The largest absolute Gasteiger partial charge is 0.494 e. The molecule has 0 unspecified atom stereocenters. The topological polar surface area (TPSA) is 50.4 Å². The summed E-state index contributed by atoms with van der Waals surface area (Å²) in [6, 6.07) is 12.7. The van der Waals surface area contributed by atoms with Crippen molar-refractivity contribution in [2.75, 3.05) is 18.5 Å². The Labute approximate surface area is 154 Å². The summed E-state index contributed by atoms with van der Waals surface area (Å²) >= 11 is -0.220. The summed E-state index contributed by atoms with van der Waals surface area (Å²) in [5, 5.41) is 5.21. The first kappa shape index (κ1) is 20.0. The van der Waals surface area contributed by atoms with Gasteiger partial charge in [-0.3, -0.25) is 0 Å². The molecule has 26 heavy (non-hydrogen) atoms. The van der Waals surface area contributed by atoms with Crippen molar-refractivity contribution in [3.8, 4) is 5.75 Å². The Hall–Kier alpha value is -2.35. The van der Waals surface area contributed by atoms with Gasteiger partial charge in [-0.2, -0.15) is 13.2 Å². The van der Waals surface area contributed by atoms with Gasteiger partial charge >= 0.3 is 11.5 Å². The zero-order valence-electron chi connectivity index (χ0n) is 14.1. The van der Waals surface area contributed by atoms with Crippen LogP contribution in [0, 0.1) is 0 Å². The monoisotopic (exact) mass is 384 g/mol. The van der Waals surface area contributed by atoms with E-state index in [1.807, 2.05) is 31.2 Å². The Kier molecular flexibility index (Phi) is 7.20. The molecule has 2 aromatic carbocycles. The molecule has 2 rings (SSSR count). The van der Waals surface area contributed by atoms with E-state index in [4.69, 9.17) is 4.74 Å². The van der Waals surface area contributed by atoms with Crippen molar-refractivity contribution < 1.29 is 22.7 Å². The molecule has 0 heterocycles. The first-order valence-electron chi connectivity index (χ1n) is 7.98. The fraction of sp³-hybridized carbons (Fsp3) is 0.278. The van der Waals surface area contributed by atoms with Crippen LogP contribution in [0.1, 0.15) is 12.5 Å². The lowest BCUT2D eigenvalue weighted by Crippen LogP contribution is -2.30. The summed E-state index contributed by atoms with van der Waals surface area (Å²) < 4.78 is 42.5. The minimum atomic E-state index is -4.36. The van der Waals surface area contributed by atoms with Gasteiger partial charge in [0.05, 0.1) is 6.61 Å². The highest BCUT2D eigenvalue weighted by Crippen LogP contribution is 2.37. The highest BCUT2D eigenvalue weighted by Gasteiger charge is 2.29. The van der Waals surface area contributed by atoms with Crippen LogP contribution >= 0.6 is 11.8 Å². The Morgan fingerprint density at radius 2 is 1.88 bits per heavy atom. The number of amides is 2. The minimum absolute atomic E-state index is 0.0182. The maximum Gasteiger partial charge on any atom is 0.446 e. The Morgan fingerprint density at radius 1 is 1.15 bits per heavy atom. The summed E-state index contributed by atoms with van der Waals surface area (Å²) in [4.78, 5) is 11.9. The third-order valence-electron chi connectivity index (χ3n) is 3.26. The Balaban J connectivity index is 1.79. The van der Waals surface area contributed by atoms with Gasteiger partial charge in [-0.05, 0) is 61.0 Å². The summed E-state index contributed by atoms with van der Waals surface area (Å²) in [6.45, 7) is 2.91. The molecule has 0 saturated carbocycles. The van der Waals surface area contributed by atoms with Crippen molar-refractivity contribution in [2.24, 2.45) is 0 Å². The van der Waals surface area contributed by atoms with Gasteiger partial charge in [-0.15, -0.1) is 0 Å². The van der Waals surface area contributed by atoms with Crippen molar-refractivity contribution in [3.05, 3.63) is 54.1 Å². The molecule has 0 bridgehead atoms. The van der Waals surface area contributed by atoms with Crippen LogP contribution in [-0.4, -0.2) is 24.7 Å². The summed E-state index contributed by atoms with van der Waals surface area (Å²) in [6.07, 6.45) is 0.629. The van der Waals surface area contributed by atoms with Gasteiger partial charge in [0.2, 0.25) is 0 Å². The maximum absolute atomic E-state index is 12.4. The lowest BCUT2D eigenvalue weighted by atomic mass is 10.1. The molecule has 0 fully saturated rings. The number of hydrogen-bond acceptors (Lipinski definition) is 3. The minimum Gasteiger partial charge on any atom is -0.494 e. The van der Waals surface area contributed by atoms with Crippen molar-refractivity contribution in [2.45, 2.75) is 23.7 Å². The SMILES string of the molecule is CCOc1ccc(CCNC(=O)Nc2cccc(SC(F)(F)F)c2)cc1. The molecule has 2 N–H and O–H groups in total. The number of benzene rings is 2. The van der Waals surface area contributed by atoms with Gasteiger partial charge in [0.25, 0.3) is 0 Å². The number of anilines is 1. The number of alkyl halides is 3. The van der Waals surface area contributed by atoms with E-state index in [-0.39, 0.29) is 16.7 Å². The Bertz CT molecular complexity index is 721. The van der Waals surface area contributed by atoms with Gasteiger partial charge in [0.15, 0.2) is 0 Å². The molecular formula is C18H19F3N2O2S. The summed E-state index contributed by atoms with van der Waals surface area (Å²) in [7, 11) is 0. The van der Waals surface area contributed by atoms with Gasteiger partial charge in [-0.1, -0.05) is 18.2 Å². The van der Waals surface area contributed by atoms with E-state index in [0.717, 1.165) is 11.3 Å². The second-order valence-electron chi connectivity index (χ2n) is 5.28. The number of carbonyl (C=O) groups is 1. The predicted octanol–water partition coefficient (Wildman–Crippen LogP) is 5.06. The zero-order chi connectivity index (χ0) is 19.0. The van der Waals surface area contributed by atoms with E-state index < -0.39 is 11.5 Å². The van der Waals surface area contributed by atoms with Crippen LogP contribution in [0.4, 0.5) is 23.7 Å². The van der Waals surface area contributed by atoms with Gasteiger partial charge in [0, 0.05) is 17.1 Å². The first-order chi connectivity index (χ1) is 12.4. The van der Waals surface area contributed by atoms with Gasteiger partial charge in [-0.25, -0.2) is 4.79 Å². The van der Waals surface area contributed by atoms with Crippen LogP contribution in [0.15, 0.2) is 53.4 Å². The molecule has 4 nitrogen and oxygen atoms in total. The fourth-order valence-corrected chi connectivity index (χ4v) is 2.79. The number of hydrogen-bond donors (Lipinski definition) is 2. The smallest absolute Gasteiger partial charge is 0.446 e. The van der Waals surface area contributed by atoms with E-state index >= 15 is 0 Å². The summed E-state index contributed by atoms with van der Waals surface area (Å²) in [5.74, 6) is 0.790. The highest BCUT2D eigenvalue weighted by atomic mass is 32.2. The number of carbonyl (C=O) groups excluding carboxylic acids is 1. The van der Waals surface area contributed by atoms with Crippen molar-refractivity contribution in [1.29, 1.82) is 0 Å². The molecule has 0 aromatic heterocycles. The average molecular weight is 384 g/mol. The number of rotatable bonds is 7. The van der Waals surface area contributed by atoms with Crippen molar-refractivity contribution in [1.82, 2.24) is 5.32 Å². The second-order valence-corrected chi connectivity index (χ2v) is 6.42. The fourth-order valence-electron chi connectivity index (χ4n) is 2.19. The number of thioether (sulfide) groups is 1. The van der Waals surface area contributed by atoms with E-state index in [0.29, 0.717) is 25.3 Å². The van der Waals surface area contributed by atoms with E-state index in [1.165, 1.54) is 24.3 Å². The predicted molar refractivity (Wildman–Crippen MR) is 96.7 cm³/mol. The van der Waals surface area contributed by atoms with Gasteiger partial charge in [0.1, 0.15) is 5.75 Å². The molecule has 0 saturated heterocycles. The number of halogens is 3. The molecule has 0 radical (unpaired) electrons. The zero-order valence-corrected chi connectivity index (χ0v) is 14.9. The molecule has 0 aliphatic heterocycles. The van der Waals surface area contributed by atoms with Crippen LogP contribution in [0.2, 0.25) is 0 Å². The molecule has 0 spiro atoms. The summed E-state index contributed by atoms with van der Waals surface area (Å²) in [5.41, 5.74) is -3.02. The third-order valence-corrected chi connectivity index (χ3v) is 3.98. The maximum atomic E-state index is 12.4. The van der Waals surface area contributed by atoms with E-state index in [1.54, 1.807) is 0 Å². The molecule has 2 aromatic rings. The van der Waals surface area contributed by atoms with Crippen LogP contribution in [0.3, 0.4) is 0 Å². The van der Waals surface area contributed by atoms with Crippen molar-refractivity contribution in [3.63, 3.8) is 0 Å². The highest BCUT2D eigenvalue weighted by molar-refractivity contribution is 8.00.